The van der Waals surface area contributed by atoms with Gasteiger partial charge in [0.2, 0.25) is 5.91 Å². The van der Waals surface area contributed by atoms with E-state index in [2.05, 4.69) is 29.6 Å². The van der Waals surface area contributed by atoms with Gasteiger partial charge in [-0.3, -0.25) is 9.59 Å². The minimum atomic E-state index is -0.950. The molecule has 0 fully saturated rings. The zero-order chi connectivity index (χ0) is 24.9. The summed E-state index contributed by atoms with van der Waals surface area (Å²) in [5, 5.41) is 11.9. The molecule has 7 heteroatoms. The molecular formula is C27H34N2O5. The average molecular weight is 467 g/mol. The molecule has 0 heterocycles. The van der Waals surface area contributed by atoms with Crippen LogP contribution in [-0.4, -0.2) is 53.7 Å². The van der Waals surface area contributed by atoms with Crippen LogP contribution < -0.4 is 5.32 Å². The van der Waals surface area contributed by atoms with Crippen molar-refractivity contribution in [2.24, 2.45) is 5.41 Å². The first-order chi connectivity index (χ1) is 16.2. The van der Waals surface area contributed by atoms with Crippen molar-refractivity contribution in [1.29, 1.82) is 0 Å². The monoisotopic (exact) mass is 466 g/mol. The predicted octanol–water partition coefficient (Wildman–Crippen LogP) is 4.65. The number of aliphatic carboxylic acids is 1. The Morgan fingerprint density at radius 1 is 1.06 bits per heavy atom. The standard InChI is InChI=1S/C27H34N2O5/c1-5-27(4,25(32)29(6-2)18(3)15-24(30)31)17-28-26(33)34-16-23-21-13-9-7-11-19(21)20-12-8-10-14-22(20)23/h7-14,18,23H,5-6,15-17H2,1-4H3,(H,28,33)(H,30,31). The van der Waals surface area contributed by atoms with Crippen LogP contribution in [0.25, 0.3) is 11.1 Å². The van der Waals surface area contributed by atoms with Crippen molar-refractivity contribution in [1.82, 2.24) is 10.2 Å². The molecule has 3 rings (SSSR count). The first kappa shape index (κ1) is 25.3. The lowest BCUT2D eigenvalue weighted by molar-refractivity contribution is -0.145. The third-order valence-electron chi connectivity index (χ3n) is 6.87. The average Bonchev–Trinajstić information content (AvgIpc) is 3.15. The topological polar surface area (TPSA) is 95.9 Å². The Morgan fingerprint density at radius 2 is 1.62 bits per heavy atom. The highest BCUT2D eigenvalue weighted by Crippen LogP contribution is 2.44. The van der Waals surface area contributed by atoms with Crippen LogP contribution in [0.3, 0.4) is 0 Å². The molecule has 0 bridgehead atoms. The Balaban J connectivity index is 1.63. The van der Waals surface area contributed by atoms with E-state index >= 15 is 0 Å². The highest BCUT2D eigenvalue weighted by molar-refractivity contribution is 5.84. The van der Waals surface area contributed by atoms with E-state index in [9.17, 15) is 14.4 Å². The first-order valence-electron chi connectivity index (χ1n) is 11.8. The van der Waals surface area contributed by atoms with Crippen LogP contribution in [0.5, 0.6) is 0 Å². The summed E-state index contributed by atoms with van der Waals surface area (Å²) in [6.07, 6.45) is -0.207. The SMILES string of the molecule is CCN(C(=O)C(C)(CC)CNC(=O)OCC1c2ccccc2-c2ccccc21)C(C)CC(=O)O. The molecule has 2 amide bonds. The number of carbonyl (C=O) groups is 3. The molecule has 2 atom stereocenters. The molecule has 0 radical (unpaired) electrons. The molecule has 0 aliphatic heterocycles. The fourth-order valence-corrected chi connectivity index (χ4v) is 4.63. The van der Waals surface area contributed by atoms with Crippen LogP contribution in [0.4, 0.5) is 4.79 Å². The van der Waals surface area contributed by atoms with Crippen LogP contribution in [0.1, 0.15) is 57.6 Å². The number of amides is 2. The summed E-state index contributed by atoms with van der Waals surface area (Å²) in [6.45, 7) is 7.93. The lowest BCUT2D eigenvalue weighted by Crippen LogP contribution is -2.51. The van der Waals surface area contributed by atoms with E-state index < -0.39 is 23.5 Å². The number of carboxylic acid groups (broad SMARTS) is 1. The fraction of sp³-hybridized carbons (Fsp3) is 0.444. The van der Waals surface area contributed by atoms with Gasteiger partial charge in [-0.1, -0.05) is 55.5 Å². The van der Waals surface area contributed by atoms with E-state index in [0.717, 1.165) is 22.3 Å². The van der Waals surface area contributed by atoms with Gasteiger partial charge in [-0.05, 0) is 49.4 Å². The molecule has 1 aliphatic rings. The summed E-state index contributed by atoms with van der Waals surface area (Å²) in [6, 6.07) is 15.8. The summed E-state index contributed by atoms with van der Waals surface area (Å²) in [7, 11) is 0. The normalized spacial score (nSPS) is 14.9. The molecule has 0 saturated heterocycles. The van der Waals surface area contributed by atoms with Crippen molar-refractivity contribution in [3.8, 4) is 11.1 Å². The maximum Gasteiger partial charge on any atom is 0.407 e. The van der Waals surface area contributed by atoms with E-state index in [1.54, 1.807) is 18.7 Å². The molecule has 2 aromatic carbocycles. The largest absolute Gasteiger partial charge is 0.481 e. The van der Waals surface area contributed by atoms with Crippen molar-refractivity contribution >= 4 is 18.0 Å². The van der Waals surface area contributed by atoms with Gasteiger partial charge in [0.1, 0.15) is 6.61 Å². The van der Waals surface area contributed by atoms with Gasteiger partial charge in [0, 0.05) is 25.0 Å². The predicted molar refractivity (Wildman–Crippen MR) is 131 cm³/mol. The Hall–Kier alpha value is -3.35. The molecule has 34 heavy (non-hydrogen) atoms. The molecular weight excluding hydrogens is 432 g/mol. The molecule has 2 unspecified atom stereocenters. The summed E-state index contributed by atoms with van der Waals surface area (Å²) >= 11 is 0. The van der Waals surface area contributed by atoms with E-state index in [-0.39, 0.29) is 31.4 Å². The number of nitrogens with zero attached hydrogens (tertiary/aromatic N) is 1. The number of nitrogens with one attached hydrogen (secondary N) is 1. The highest BCUT2D eigenvalue weighted by Gasteiger charge is 2.37. The van der Waals surface area contributed by atoms with E-state index in [1.807, 2.05) is 38.1 Å². The first-order valence-corrected chi connectivity index (χ1v) is 11.8. The summed E-state index contributed by atoms with van der Waals surface area (Å²) in [4.78, 5) is 38.5. The lowest BCUT2D eigenvalue weighted by Gasteiger charge is -2.36. The van der Waals surface area contributed by atoms with Crippen LogP contribution >= 0.6 is 0 Å². The zero-order valence-electron chi connectivity index (χ0n) is 20.3. The maximum absolute atomic E-state index is 13.2. The number of hydrogen-bond acceptors (Lipinski definition) is 4. The Kier molecular flexibility index (Phi) is 7.97. The zero-order valence-corrected chi connectivity index (χ0v) is 20.3. The molecule has 2 N–H and O–H groups in total. The Labute approximate surface area is 201 Å². The molecule has 1 aliphatic carbocycles. The van der Waals surface area contributed by atoms with Crippen molar-refractivity contribution < 1.29 is 24.2 Å². The van der Waals surface area contributed by atoms with Crippen LogP contribution in [0, 0.1) is 5.41 Å². The summed E-state index contributed by atoms with van der Waals surface area (Å²) < 4.78 is 5.59. The third-order valence-corrected chi connectivity index (χ3v) is 6.87. The van der Waals surface area contributed by atoms with E-state index in [1.165, 1.54) is 0 Å². The minimum Gasteiger partial charge on any atom is -0.481 e. The minimum absolute atomic E-state index is 0.0372. The lowest BCUT2D eigenvalue weighted by atomic mass is 9.85. The number of benzene rings is 2. The quantitative estimate of drug-likeness (QED) is 0.531. The number of hydrogen-bond donors (Lipinski definition) is 2. The fourth-order valence-electron chi connectivity index (χ4n) is 4.63. The maximum atomic E-state index is 13.2. The Morgan fingerprint density at radius 3 is 2.12 bits per heavy atom. The number of carboxylic acids is 1. The van der Waals surface area contributed by atoms with Crippen LogP contribution in [0.2, 0.25) is 0 Å². The van der Waals surface area contributed by atoms with Crippen molar-refractivity contribution in [2.75, 3.05) is 19.7 Å². The van der Waals surface area contributed by atoms with E-state index in [4.69, 9.17) is 9.84 Å². The van der Waals surface area contributed by atoms with Gasteiger partial charge >= 0.3 is 12.1 Å². The smallest absolute Gasteiger partial charge is 0.407 e. The van der Waals surface area contributed by atoms with E-state index in [0.29, 0.717) is 13.0 Å². The van der Waals surface area contributed by atoms with Gasteiger partial charge in [-0.2, -0.15) is 0 Å². The molecule has 7 nitrogen and oxygen atoms in total. The van der Waals surface area contributed by atoms with Gasteiger partial charge in [-0.25, -0.2) is 4.79 Å². The second kappa shape index (κ2) is 10.7. The third kappa shape index (κ3) is 5.24. The second-order valence-electron chi connectivity index (χ2n) is 9.13. The number of alkyl carbamates (subject to hydrolysis) is 1. The van der Waals surface area contributed by atoms with Crippen LogP contribution in [-0.2, 0) is 14.3 Å². The van der Waals surface area contributed by atoms with Crippen molar-refractivity contribution in [2.45, 2.75) is 52.5 Å². The number of fused-ring (bicyclic) bond motifs is 3. The van der Waals surface area contributed by atoms with Gasteiger partial charge in [0.05, 0.1) is 11.8 Å². The van der Waals surface area contributed by atoms with Gasteiger partial charge in [-0.15, -0.1) is 0 Å². The summed E-state index contributed by atoms with van der Waals surface area (Å²) in [5.41, 5.74) is 3.72. The van der Waals surface area contributed by atoms with Crippen molar-refractivity contribution in [3.63, 3.8) is 0 Å². The van der Waals surface area contributed by atoms with Gasteiger partial charge < -0.3 is 20.1 Å². The molecule has 0 saturated carbocycles. The second-order valence-corrected chi connectivity index (χ2v) is 9.13. The number of ether oxygens (including phenoxy) is 1. The molecule has 182 valence electrons. The number of rotatable bonds is 10. The Bertz CT molecular complexity index is 1010. The highest BCUT2D eigenvalue weighted by atomic mass is 16.5. The molecule has 2 aromatic rings. The molecule has 0 aromatic heterocycles. The van der Waals surface area contributed by atoms with Crippen LogP contribution in [0.15, 0.2) is 48.5 Å². The summed E-state index contributed by atoms with van der Waals surface area (Å²) in [5.74, 6) is -1.16. The van der Waals surface area contributed by atoms with Gasteiger partial charge in [0.25, 0.3) is 0 Å². The molecule has 0 spiro atoms. The van der Waals surface area contributed by atoms with Crippen molar-refractivity contribution in [3.05, 3.63) is 59.7 Å². The van der Waals surface area contributed by atoms with Gasteiger partial charge in [0.15, 0.2) is 0 Å². The number of carbonyl (C=O) groups excluding carboxylic acids is 2.